The van der Waals surface area contributed by atoms with Gasteiger partial charge in [0.25, 0.3) is 15.7 Å². The fraction of sp³-hybridized carbons (Fsp3) is 0.250. The molecule has 0 unspecified atom stereocenters. The summed E-state index contributed by atoms with van der Waals surface area (Å²) >= 11 is 0. The highest BCUT2D eigenvalue weighted by Gasteiger charge is 2.24. The molecule has 0 fully saturated rings. The van der Waals surface area contributed by atoms with Gasteiger partial charge in [0.2, 0.25) is 0 Å². The molecule has 0 radical (unpaired) electrons. The van der Waals surface area contributed by atoms with Crippen LogP contribution in [-0.4, -0.2) is 35.4 Å². The van der Waals surface area contributed by atoms with Crippen molar-refractivity contribution < 1.29 is 12.9 Å². The number of hydrogen-bond donors (Lipinski definition) is 0. The first-order valence-corrected chi connectivity index (χ1v) is 7.53. The Morgan fingerprint density at radius 1 is 1.33 bits per heavy atom. The van der Waals surface area contributed by atoms with E-state index in [1.54, 1.807) is 20.2 Å². The largest absolute Gasteiger partial charge is 0.336 e. The van der Waals surface area contributed by atoms with E-state index < -0.39 is 10.0 Å². The maximum atomic E-state index is 12.6. The van der Waals surface area contributed by atoms with Crippen molar-refractivity contribution in [3.63, 3.8) is 0 Å². The normalized spacial score (nSPS) is 12.0. The van der Waals surface area contributed by atoms with E-state index in [-0.39, 0.29) is 4.90 Å². The van der Waals surface area contributed by atoms with Crippen LogP contribution < -0.4 is 4.31 Å². The zero-order valence-electron chi connectivity index (χ0n) is 11.7. The van der Waals surface area contributed by atoms with Crippen LogP contribution in [0, 0.1) is 6.92 Å². The van der Waals surface area contributed by atoms with Crippen molar-refractivity contribution in [3.8, 4) is 0 Å². The Hall–Kier alpha value is -2.42. The van der Waals surface area contributed by atoms with Gasteiger partial charge >= 0.3 is 0 Å². The SMILES string of the molecule is Cc1noc2ncc(S(=O)(=O)N(C)c3cnn(C)c3)cc12. The second-order valence-corrected chi connectivity index (χ2v) is 6.61. The van der Waals surface area contributed by atoms with E-state index in [2.05, 4.69) is 15.2 Å². The molecular formula is C12H13N5O3S. The zero-order chi connectivity index (χ0) is 15.2. The monoisotopic (exact) mass is 307 g/mol. The molecule has 21 heavy (non-hydrogen) atoms. The van der Waals surface area contributed by atoms with Gasteiger partial charge in [0, 0.05) is 20.3 Å². The predicted molar refractivity (Wildman–Crippen MR) is 75.3 cm³/mol. The third-order valence-corrected chi connectivity index (χ3v) is 4.95. The number of nitrogens with zero attached hydrogens (tertiary/aromatic N) is 5. The molecule has 0 saturated carbocycles. The van der Waals surface area contributed by atoms with E-state index in [0.717, 1.165) is 4.31 Å². The number of aromatic nitrogens is 4. The molecule has 3 aromatic heterocycles. The molecule has 0 aliphatic rings. The van der Waals surface area contributed by atoms with Crippen LogP contribution >= 0.6 is 0 Å². The smallest absolute Gasteiger partial charge is 0.265 e. The van der Waals surface area contributed by atoms with E-state index >= 15 is 0 Å². The average molecular weight is 307 g/mol. The van der Waals surface area contributed by atoms with Crippen LogP contribution in [0.25, 0.3) is 11.1 Å². The van der Waals surface area contributed by atoms with E-state index in [9.17, 15) is 8.42 Å². The summed E-state index contributed by atoms with van der Waals surface area (Å²) in [6.07, 6.45) is 4.36. The minimum atomic E-state index is -3.72. The molecule has 0 saturated heterocycles. The van der Waals surface area contributed by atoms with Gasteiger partial charge in [-0.1, -0.05) is 5.16 Å². The summed E-state index contributed by atoms with van der Waals surface area (Å²) in [5.41, 5.74) is 1.38. The lowest BCUT2D eigenvalue weighted by atomic mass is 10.3. The first-order chi connectivity index (χ1) is 9.89. The second-order valence-electron chi connectivity index (χ2n) is 4.64. The average Bonchev–Trinajstić information content (AvgIpc) is 3.04. The highest BCUT2D eigenvalue weighted by molar-refractivity contribution is 7.92. The van der Waals surface area contributed by atoms with E-state index in [1.807, 2.05) is 0 Å². The van der Waals surface area contributed by atoms with Crippen LogP contribution in [0.15, 0.2) is 34.1 Å². The number of hydrogen-bond acceptors (Lipinski definition) is 6. The van der Waals surface area contributed by atoms with Crippen molar-refractivity contribution in [1.29, 1.82) is 0 Å². The summed E-state index contributed by atoms with van der Waals surface area (Å²) in [6.45, 7) is 1.73. The molecule has 8 nitrogen and oxygen atoms in total. The van der Waals surface area contributed by atoms with Gasteiger partial charge in [-0.3, -0.25) is 8.99 Å². The summed E-state index contributed by atoms with van der Waals surface area (Å²) in [4.78, 5) is 4.07. The molecule has 0 bridgehead atoms. The standard InChI is InChI=1S/C12H13N5O3S/c1-8-11-4-10(6-13-12(11)20-15-8)21(18,19)17(3)9-5-14-16(2)7-9/h4-7H,1-3H3. The highest BCUT2D eigenvalue weighted by atomic mass is 32.2. The molecule has 0 aromatic carbocycles. The molecule has 0 aliphatic carbocycles. The van der Waals surface area contributed by atoms with Gasteiger partial charge in [0.15, 0.2) is 0 Å². The van der Waals surface area contributed by atoms with Crippen molar-refractivity contribution in [1.82, 2.24) is 19.9 Å². The van der Waals surface area contributed by atoms with E-state index in [4.69, 9.17) is 4.52 Å². The number of aryl methyl sites for hydroxylation is 2. The predicted octanol–water partition coefficient (Wildman–Crippen LogP) is 1.09. The molecule has 3 rings (SSSR count). The van der Waals surface area contributed by atoms with Gasteiger partial charge in [-0.15, -0.1) is 0 Å². The van der Waals surface area contributed by atoms with Gasteiger partial charge in [0.1, 0.15) is 4.90 Å². The Balaban J connectivity index is 2.09. The fourth-order valence-electron chi connectivity index (χ4n) is 1.93. The summed E-state index contributed by atoms with van der Waals surface area (Å²) in [6, 6.07) is 1.51. The van der Waals surface area contributed by atoms with Gasteiger partial charge < -0.3 is 4.52 Å². The van der Waals surface area contributed by atoms with Gasteiger partial charge in [-0.05, 0) is 13.0 Å². The molecule has 0 amide bonds. The summed E-state index contributed by atoms with van der Waals surface area (Å²) in [7, 11) is -0.527. The van der Waals surface area contributed by atoms with Crippen molar-refractivity contribution in [2.45, 2.75) is 11.8 Å². The molecule has 110 valence electrons. The topological polar surface area (TPSA) is 94.1 Å². The lowest BCUT2D eigenvalue weighted by molar-refractivity contribution is 0.442. The Morgan fingerprint density at radius 3 is 2.76 bits per heavy atom. The third-order valence-electron chi connectivity index (χ3n) is 3.20. The van der Waals surface area contributed by atoms with Crippen molar-refractivity contribution in [2.24, 2.45) is 7.05 Å². The van der Waals surface area contributed by atoms with Gasteiger partial charge in [-0.2, -0.15) is 5.10 Å². The molecule has 0 N–H and O–H groups in total. The fourth-order valence-corrected chi connectivity index (χ4v) is 3.08. The Labute approximate surface area is 121 Å². The quantitative estimate of drug-likeness (QED) is 0.719. The summed E-state index contributed by atoms with van der Waals surface area (Å²) < 4.78 is 32.9. The summed E-state index contributed by atoms with van der Waals surface area (Å²) in [5.74, 6) is 0. The second kappa shape index (κ2) is 4.55. The van der Waals surface area contributed by atoms with Gasteiger partial charge in [-0.25, -0.2) is 13.4 Å². The van der Waals surface area contributed by atoms with E-state index in [0.29, 0.717) is 22.5 Å². The van der Waals surface area contributed by atoms with Crippen LogP contribution in [-0.2, 0) is 17.1 Å². The lowest BCUT2D eigenvalue weighted by Gasteiger charge is -2.16. The molecule has 9 heteroatoms. The Bertz CT molecular complexity index is 912. The first-order valence-electron chi connectivity index (χ1n) is 6.09. The maximum absolute atomic E-state index is 12.6. The van der Waals surface area contributed by atoms with Crippen LogP contribution in [0.4, 0.5) is 5.69 Å². The molecule has 0 aliphatic heterocycles. The lowest BCUT2D eigenvalue weighted by Crippen LogP contribution is -2.26. The van der Waals surface area contributed by atoms with Crippen molar-refractivity contribution in [2.75, 3.05) is 11.4 Å². The third kappa shape index (κ3) is 2.15. The minimum Gasteiger partial charge on any atom is -0.336 e. The van der Waals surface area contributed by atoms with Crippen molar-refractivity contribution in [3.05, 3.63) is 30.4 Å². The van der Waals surface area contributed by atoms with Gasteiger partial charge in [0.05, 0.1) is 29.2 Å². The molecule has 0 atom stereocenters. The Kier molecular flexibility index (Phi) is 2.94. The summed E-state index contributed by atoms with van der Waals surface area (Å²) in [5, 5.41) is 8.32. The molecule has 3 aromatic rings. The van der Waals surface area contributed by atoms with Crippen LogP contribution in [0.1, 0.15) is 5.69 Å². The number of rotatable bonds is 3. The van der Waals surface area contributed by atoms with Crippen molar-refractivity contribution >= 4 is 26.8 Å². The first kappa shape index (κ1) is 13.6. The molecular weight excluding hydrogens is 294 g/mol. The molecule has 0 spiro atoms. The van der Waals surface area contributed by atoms with E-state index in [1.165, 1.54) is 30.2 Å². The number of pyridine rings is 1. The van der Waals surface area contributed by atoms with Crippen LogP contribution in [0.3, 0.4) is 0 Å². The number of fused-ring (bicyclic) bond motifs is 1. The molecule has 3 heterocycles. The van der Waals surface area contributed by atoms with Crippen LogP contribution in [0.2, 0.25) is 0 Å². The highest BCUT2D eigenvalue weighted by Crippen LogP contribution is 2.24. The Morgan fingerprint density at radius 2 is 2.10 bits per heavy atom. The zero-order valence-corrected chi connectivity index (χ0v) is 12.5. The number of sulfonamides is 1. The maximum Gasteiger partial charge on any atom is 0.265 e. The number of anilines is 1. The minimum absolute atomic E-state index is 0.0765. The van der Waals surface area contributed by atoms with Crippen LogP contribution in [0.5, 0.6) is 0 Å².